The van der Waals surface area contributed by atoms with E-state index in [1.807, 2.05) is 13.8 Å². The topological polar surface area (TPSA) is 280 Å². The Morgan fingerprint density at radius 3 is 1.78 bits per heavy atom. The van der Waals surface area contributed by atoms with Crippen LogP contribution in [0.25, 0.3) is 10.9 Å². The summed E-state index contributed by atoms with van der Waals surface area (Å²) in [5.41, 5.74) is 12.3. The third-order valence-corrected chi connectivity index (χ3v) is 9.37. The molecule has 17 nitrogen and oxygen atoms in total. The molecule has 3 rings (SSSR count). The molecule has 1 aromatic heterocycles. The van der Waals surface area contributed by atoms with Gasteiger partial charge in [-0.25, -0.2) is 0 Å². The number of aromatic amines is 1. The molecule has 18 heteroatoms. The average Bonchev–Trinajstić information content (AvgIpc) is 3.48. The number of hydrogen-bond donors (Lipinski definition) is 10. The molecule has 0 spiro atoms. The van der Waals surface area contributed by atoms with Crippen LogP contribution in [0.2, 0.25) is 5.02 Å². The minimum absolute atomic E-state index is 0.0232. The second-order valence-corrected chi connectivity index (χ2v) is 15.2. The van der Waals surface area contributed by atoms with Crippen LogP contribution in [-0.2, 0) is 40.0 Å². The average molecular weight is 776 g/mol. The first-order valence-electron chi connectivity index (χ1n) is 18.1. The number of nitrogens with one attached hydrogen (secondary N) is 7. The summed E-state index contributed by atoms with van der Waals surface area (Å²) in [6.45, 7) is 10.5. The van der Waals surface area contributed by atoms with Gasteiger partial charge >= 0.3 is 0 Å². The summed E-state index contributed by atoms with van der Waals surface area (Å²) in [5, 5.41) is 27.4. The number of rotatable bonds is 11. The number of amides is 7. The number of nitrogens with two attached hydrogens (primary N) is 2. The minimum atomic E-state index is -2.27. The molecule has 12 N–H and O–H groups in total. The molecule has 0 unspecified atom stereocenters. The lowest BCUT2D eigenvalue weighted by Crippen LogP contribution is -2.65. The van der Waals surface area contributed by atoms with Crippen molar-refractivity contribution in [3.05, 3.63) is 35.0 Å². The van der Waals surface area contributed by atoms with Gasteiger partial charge in [-0.1, -0.05) is 53.1 Å². The number of H-pyrrole nitrogens is 1. The Labute approximate surface area is 319 Å². The second-order valence-electron chi connectivity index (χ2n) is 14.7. The molecule has 2 heterocycles. The molecule has 1 saturated heterocycles. The number of carbonyl (C=O) groups excluding carboxylic acids is 7. The normalized spacial score (nSPS) is 24.6. The van der Waals surface area contributed by atoms with E-state index >= 15 is 0 Å². The van der Waals surface area contributed by atoms with Crippen molar-refractivity contribution >= 4 is 63.9 Å². The zero-order chi connectivity index (χ0) is 40.4. The van der Waals surface area contributed by atoms with Crippen LogP contribution in [-0.4, -0.2) is 100 Å². The van der Waals surface area contributed by atoms with Crippen LogP contribution in [0.5, 0.6) is 0 Å². The molecule has 7 amide bonds. The number of halogens is 1. The number of carbonyl (C=O) groups is 7. The van der Waals surface area contributed by atoms with Gasteiger partial charge in [-0.15, -0.1) is 0 Å². The lowest BCUT2D eigenvalue weighted by Gasteiger charge is -2.31. The molecule has 1 aromatic carbocycles. The molecule has 1 fully saturated rings. The Bertz CT molecular complexity index is 1700. The third kappa shape index (κ3) is 11.6. The van der Waals surface area contributed by atoms with Crippen molar-refractivity contribution in [2.75, 3.05) is 6.54 Å². The number of aliphatic hydroxyl groups is 1. The highest BCUT2D eigenvalue weighted by molar-refractivity contribution is 6.31. The van der Waals surface area contributed by atoms with Gasteiger partial charge in [0.2, 0.25) is 41.4 Å². The van der Waals surface area contributed by atoms with E-state index < -0.39 is 95.5 Å². The molecule has 0 saturated carbocycles. The molecular formula is C36H54ClN9O8. The summed E-state index contributed by atoms with van der Waals surface area (Å²) in [7, 11) is 0. The Hall–Kier alpha value is -4.74. The van der Waals surface area contributed by atoms with E-state index in [1.54, 1.807) is 52.1 Å². The van der Waals surface area contributed by atoms with Crippen molar-refractivity contribution in [3.8, 4) is 0 Å². The summed E-state index contributed by atoms with van der Waals surface area (Å²) in [5.74, 6) is -7.48. The quantitative estimate of drug-likeness (QED) is 0.137. The fraction of sp³-hybridized carbons (Fsp3) is 0.583. The van der Waals surface area contributed by atoms with Crippen LogP contribution in [0.3, 0.4) is 0 Å². The molecule has 0 aliphatic carbocycles. The molecular weight excluding hydrogens is 722 g/mol. The van der Waals surface area contributed by atoms with Gasteiger partial charge in [0.05, 0.1) is 0 Å². The first kappa shape index (κ1) is 43.7. The number of aliphatic hydroxyl groups excluding tert-OH is 1. The molecule has 7 atom stereocenters. The van der Waals surface area contributed by atoms with E-state index in [1.165, 1.54) is 0 Å². The number of primary amides is 1. The molecule has 54 heavy (non-hydrogen) atoms. The zero-order valence-corrected chi connectivity index (χ0v) is 32.2. The summed E-state index contributed by atoms with van der Waals surface area (Å²) < 4.78 is 0. The highest BCUT2D eigenvalue weighted by Crippen LogP contribution is 2.24. The van der Waals surface area contributed by atoms with Gasteiger partial charge in [-0.3, -0.25) is 33.6 Å². The van der Waals surface area contributed by atoms with Crippen molar-refractivity contribution in [1.82, 2.24) is 36.9 Å². The second kappa shape index (κ2) is 19.5. The van der Waals surface area contributed by atoms with Gasteiger partial charge in [0.15, 0.2) is 6.10 Å². The summed E-state index contributed by atoms with van der Waals surface area (Å²) in [6, 6.07) is -3.28. The summed E-state index contributed by atoms with van der Waals surface area (Å²) >= 11 is 6.25. The zero-order valence-electron chi connectivity index (χ0n) is 31.5. The van der Waals surface area contributed by atoms with Crippen molar-refractivity contribution in [1.29, 1.82) is 0 Å². The van der Waals surface area contributed by atoms with Crippen LogP contribution in [0.15, 0.2) is 24.4 Å². The Morgan fingerprint density at radius 1 is 0.741 bits per heavy atom. The van der Waals surface area contributed by atoms with E-state index in [9.17, 15) is 38.7 Å². The Morgan fingerprint density at radius 2 is 1.24 bits per heavy atom. The van der Waals surface area contributed by atoms with E-state index in [0.717, 1.165) is 0 Å². The predicted octanol–water partition coefficient (Wildman–Crippen LogP) is -0.771. The van der Waals surface area contributed by atoms with Gasteiger partial charge in [0, 0.05) is 28.5 Å². The fourth-order valence-electron chi connectivity index (χ4n) is 6.11. The summed E-state index contributed by atoms with van der Waals surface area (Å²) in [6.07, 6.45) is -0.429. The highest BCUT2D eigenvalue weighted by atomic mass is 35.5. The third-order valence-electron chi connectivity index (χ3n) is 9.14. The van der Waals surface area contributed by atoms with Gasteiger partial charge in [0.1, 0.15) is 36.3 Å². The van der Waals surface area contributed by atoms with Gasteiger partial charge in [-0.05, 0) is 67.3 Å². The number of fused-ring (bicyclic) bond motifs is 1. The monoisotopic (exact) mass is 775 g/mol. The minimum Gasteiger partial charge on any atom is -0.381 e. The first-order chi connectivity index (χ1) is 25.3. The highest BCUT2D eigenvalue weighted by Gasteiger charge is 2.39. The van der Waals surface area contributed by atoms with Crippen LogP contribution < -0.4 is 43.4 Å². The number of benzene rings is 1. The molecule has 1 aliphatic heterocycles. The SMILES string of the molecule is CC(C)C[C@@H]1NC(=O)[C@H](C(C)C)NC(=O)[C@H](Cc2c[nH]c3ccc(Cl)cc23)NC(=O)[C@H]([C@H](O)C(N)=O)NC(=O)[C@H](CCCN)NC(=O)[C@H](C(C)C)NC1=O. The van der Waals surface area contributed by atoms with E-state index in [0.29, 0.717) is 21.5 Å². The number of hydrogen-bond acceptors (Lipinski definition) is 9. The lowest BCUT2D eigenvalue weighted by atomic mass is 9.97. The van der Waals surface area contributed by atoms with Crippen molar-refractivity contribution in [3.63, 3.8) is 0 Å². The molecule has 0 radical (unpaired) electrons. The fourth-order valence-corrected chi connectivity index (χ4v) is 6.28. The first-order valence-corrected chi connectivity index (χ1v) is 18.5. The van der Waals surface area contributed by atoms with Crippen molar-refractivity contribution in [2.45, 2.75) is 110 Å². The van der Waals surface area contributed by atoms with Crippen LogP contribution >= 0.6 is 11.6 Å². The van der Waals surface area contributed by atoms with Gasteiger partial charge in [-0.2, -0.15) is 0 Å². The lowest BCUT2D eigenvalue weighted by molar-refractivity contribution is -0.141. The molecule has 2 aromatic rings. The molecule has 298 valence electrons. The van der Waals surface area contributed by atoms with Gasteiger partial charge in [0.25, 0.3) is 0 Å². The maximum absolute atomic E-state index is 14.1. The van der Waals surface area contributed by atoms with E-state index in [2.05, 4.69) is 36.9 Å². The van der Waals surface area contributed by atoms with E-state index in [-0.39, 0.29) is 38.1 Å². The van der Waals surface area contributed by atoms with Gasteiger partial charge < -0.3 is 53.5 Å². The molecule has 0 bridgehead atoms. The molecule has 1 aliphatic rings. The Balaban J connectivity index is 2.17. The van der Waals surface area contributed by atoms with Crippen LogP contribution in [0, 0.1) is 17.8 Å². The standard InChI is InChI=1S/C36H54ClN9O8/c1-16(2)12-24-32(50)44-26(17(3)4)34(52)41-23(8-7-11-38)31(49)46-28(29(47)30(39)48)36(54)43-25(33(51)45-27(18(5)6)35(53)42-24)13-19-15-40-22-10-9-20(37)14-21(19)22/h9-10,14-18,23-29,40,47H,7-8,11-13,38H2,1-6H3,(H2,39,48)(H,41,52)(H,42,53)(H,43,54)(H,44,50)(H,45,51)(H,46,49)/t23-,24-,25-,26-,27-,28-,29-/m0/s1. The van der Waals surface area contributed by atoms with Crippen molar-refractivity contribution in [2.24, 2.45) is 29.2 Å². The predicted molar refractivity (Wildman–Crippen MR) is 201 cm³/mol. The van der Waals surface area contributed by atoms with E-state index in [4.69, 9.17) is 23.1 Å². The maximum atomic E-state index is 14.1. The summed E-state index contributed by atoms with van der Waals surface area (Å²) in [4.78, 5) is 98.5. The van der Waals surface area contributed by atoms with Crippen molar-refractivity contribution < 1.29 is 38.7 Å². The maximum Gasteiger partial charge on any atom is 0.248 e. The number of aromatic nitrogens is 1. The smallest absolute Gasteiger partial charge is 0.248 e. The van der Waals surface area contributed by atoms with Crippen LogP contribution in [0.4, 0.5) is 0 Å². The van der Waals surface area contributed by atoms with Crippen LogP contribution in [0.1, 0.15) is 66.4 Å². The largest absolute Gasteiger partial charge is 0.381 e. The Kier molecular flexibility index (Phi) is 15.8.